The fraction of sp³-hybridized carbons (Fsp3) is 0.234. The molecule has 116 heavy (non-hydrogen) atoms. The van der Waals surface area contributed by atoms with Crippen LogP contribution in [0, 0.1) is 76.1 Å². The summed E-state index contributed by atoms with van der Waals surface area (Å²) in [5.74, 6) is 4.67. The van der Waals surface area contributed by atoms with Crippen LogP contribution in [-0.2, 0) is 56.4 Å². The zero-order valence-corrected chi connectivity index (χ0v) is 72.4. The summed E-state index contributed by atoms with van der Waals surface area (Å²) in [6, 6.07) is 93.6. The molecule has 6 heterocycles. The van der Waals surface area contributed by atoms with E-state index in [-0.39, 0.29) is 0 Å². The molecule has 0 bridgehead atoms. The molecular formula is C107H119N9+6. The molecule has 0 amide bonds. The summed E-state index contributed by atoms with van der Waals surface area (Å²) in [6.45, 7) is 28.6. The Bertz CT molecular complexity index is 6320. The zero-order valence-electron chi connectivity index (χ0n) is 75.4. The van der Waals surface area contributed by atoms with E-state index in [0.29, 0.717) is 17.4 Å². The van der Waals surface area contributed by atoms with Crippen LogP contribution in [0.15, 0.2) is 292 Å². The van der Waals surface area contributed by atoms with E-state index in [1.54, 1.807) is 12.1 Å². The number of nitrogens with zero attached hydrogens (tertiary/aromatic N) is 9. The molecule has 11 aromatic carbocycles. The molecule has 9 nitrogen and oxygen atoms in total. The van der Waals surface area contributed by atoms with E-state index in [0.717, 1.165) is 22.3 Å². The van der Waals surface area contributed by atoms with Gasteiger partial charge in [-0.2, -0.15) is 18.3 Å². The fourth-order valence-electron chi connectivity index (χ4n) is 16.5. The van der Waals surface area contributed by atoms with Crippen LogP contribution in [0.5, 0.6) is 0 Å². The first-order valence-electron chi connectivity index (χ1n) is 42.1. The molecule has 0 radical (unpaired) electrons. The van der Waals surface area contributed by atoms with Crippen molar-refractivity contribution in [1.82, 2.24) is 13.7 Å². The number of benzene rings is 11. The molecule has 0 fully saturated rings. The standard InChI is InChI=1S/C23H29N2.2C19H20N.C18H18N.C16H17N2.C12H15N2/c1-16(2)19-12-9-13-20(17(3)4)22(19)25-15-14-24(6)23(25)21-11-8-7-10-18(21)5;2*1-13-11-14(2)15(3)17(12-13)19-10-9-16-7-5-6-8-18(16)20(19)4;1-13-8-10-16(14(2)12-13)18-11-9-15-6-4-5-7-17(15)19(18)3;1-12-8-4-5-9-13(12)16-17(2)14-10-6-7-11-15(14)18(16)3;1-10-6-4-5-7-11(10)12-13(2)8-9-14(12)3/h7-17H,1-6H3;2*5-12H,1-4H3;4-12H,1-3H3;4-11H,1-3H3;4-9H,1-3H3/q6*+1/i;;;1D3;;. The molecule has 0 aliphatic carbocycles. The molecule has 0 atom stereocenters. The van der Waals surface area contributed by atoms with Crippen LogP contribution in [0.25, 0.3) is 117 Å². The van der Waals surface area contributed by atoms with Crippen LogP contribution in [0.3, 0.4) is 0 Å². The van der Waals surface area contributed by atoms with Gasteiger partial charge in [0, 0.05) is 84.5 Å². The molecular weight excluding hydrogens is 1410 g/mol. The second-order valence-electron chi connectivity index (χ2n) is 32.0. The van der Waals surface area contributed by atoms with Gasteiger partial charge < -0.3 is 0 Å². The highest BCUT2D eigenvalue weighted by Gasteiger charge is 2.28. The topological polar surface area (TPSA) is 38.1 Å². The van der Waals surface area contributed by atoms with Gasteiger partial charge in [-0.15, -0.1) is 0 Å². The smallest absolute Gasteiger partial charge is 0.233 e. The van der Waals surface area contributed by atoms with Gasteiger partial charge in [0.2, 0.25) is 33.6 Å². The Hall–Kier alpha value is -12.5. The quantitative estimate of drug-likeness (QED) is 0.129. The summed E-state index contributed by atoms with van der Waals surface area (Å²) in [5.41, 5.74) is 34.9. The first kappa shape index (κ1) is 78.8. The summed E-state index contributed by atoms with van der Waals surface area (Å²) < 4.78 is 42.7. The van der Waals surface area contributed by atoms with Crippen LogP contribution < -0.4 is 27.4 Å². The Morgan fingerprint density at radius 1 is 0.302 bits per heavy atom. The Balaban J connectivity index is 0.000000132. The summed E-state index contributed by atoms with van der Waals surface area (Å²) in [7, 11) is 16.9. The third kappa shape index (κ3) is 17.7. The monoisotopic (exact) mass is 1530 g/mol. The molecule has 0 spiro atoms. The van der Waals surface area contributed by atoms with E-state index in [9.17, 15) is 0 Å². The lowest BCUT2D eigenvalue weighted by molar-refractivity contribution is -0.659. The first-order chi connectivity index (χ1) is 56.8. The van der Waals surface area contributed by atoms with E-state index in [1.165, 1.54) is 162 Å². The molecule has 9 heteroatoms. The SMILES string of the molecule is Cc1cc(C)c(C)c(-c2ccc3ccccc3[n+]2C)c1.Cc1cc(C)c(C)c(-c2ccc3ccccc3[n+]2C)c1.Cc1ccccc1-c1n(-c2c(C(C)C)cccc2C(C)C)cc[n+]1C.Cc1ccccc1-c1n(C)c2ccccc2[n+]1C.Cc1ccccc1-c1n(C)cc[n+]1C.[2H]C([2H])([2H])c1ccc(-c2ccc3ccccc3[n+]2C)c(C)c1. The second kappa shape index (κ2) is 36.4. The lowest BCUT2D eigenvalue weighted by atomic mass is 9.92. The highest BCUT2D eigenvalue weighted by Crippen LogP contribution is 2.36. The predicted octanol–water partition coefficient (Wildman–Crippen LogP) is 22.8. The average molecular weight is 1530 g/mol. The summed E-state index contributed by atoms with van der Waals surface area (Å²) >= 11 is 0. The number of aryl methyl sites for hydroxylation is 17. The largest absolute Gasteiger partial charge is 0.294 e. The van der Waals surface area contributed by atoms with Crippen molar-refractivity contribution < 1.29 is 31.5 Å². The minimum Gasteiger partial charge on any atom is -0.233 e. The van der Waals surface area contributed by atoms with Gasteiger partial charge in [-0.25, -0.2) is 22.8 Å². The third-order valence-electron chi connectivity index (χ3n) is 23.1. The molecule has 17 aromatic rings. The number of hydrogen-bond acceptors (Lipinski definition) is 0. The molecule has 0 unspecified atom stereocenters. The number of fused-ring (bicyclic) bond motifs is 4. The minimum atomic E-state index is -2.06. The average Bonchev–Trinajstić information content (AvgIpc) is 1.68. The lowest BCUT2D eigenvalue weighted by Crippen LogP contribution is -2.32. The molecule has 0 saturated carbocycles. The van der Waals surface area contributed by atoms with Crippen LogP contribution in [0.1, 0.15) is 116 Å². The van der Waals surface area contributed by atoms with Gasteiger partial charge in [0.25, 0.3) is 17.5 Å². The molecule has 586 valence electrons. The number of imidazole rings is 3. The van der Waals surface area contributed by atoms with Crippen molar-refractivity contribution in [2.24, 2.45) is 56.4 Å². The highest BCUT2D eigenvalue weighted by atomic mass is 15.2. The molecule has 17 rings (SSSR count). The zero-order chi connectivity index (χ0) is 85.4. The van der Waals surface area contributed by atoms with E-state index >= 15 is 0 Å². The van der Waals surface area contributed by atoms with Gasteiger partial charge in [0.15, 0.2) is 11.0 Å². The maximum atomic E-state index is 7.52. The van der Waals surface area contributed by atoms with Gasteiger partial charge in [0.05, 0.1) is 51.9 Å². The number of rotatable bonds is 9. The van der Waals surface area contributed by atoms with Gasteiger partial charge >= 0.3 is 0 Å². The lowest BCUT2D eigenvalue weighted by Gasteiger charge is -2.18. The Kier molecular flexibility index (Phi) is 24.7. The molecule has 0 N–H and O–H groups in total. The maximum absolute atomic E-state index is 7.52. The van der Waals surface area contributed by atoms with Crippen LogP contribution in [0.4, 0.5) is 0 Å². The Morgan fingerprint density at radius 3 is 1.09 bits per heavy atom. The van der Waals surface area contributed by atoms with Crippen molar-refractivity contribution in [3.63, 3.8) is 0 Å². The normalized spacial score (nSPS) is 11.5. The summed E-state index contributed by atoms with van der Waals surface area (Å²) in [6.07, 6.45) is 8.50. The number of aromatic nitrogens is 9. The van der Waals surface area contributed by atoms with Crippen molar-refractivity contribution in [2.45, 2.75) is 116 Å². The summed E-state index contributed by atoms with van der Waals surface area (Å²) in [5, 5.41) is 3.74. The van der Waals surface area contributed by atoms with Crippen molar-refractivity contribution in [1.29, 1.82) is 0 Å². The van der Waals surface area contributed by atoms with Crippen molar-refractivity contribution in [3.8, 4) is 73.6 Å². The van der Waals surface area contributed by atoms with E-state index in [4.69, 9.17) is 4.11 Å². The third-order valence-corrected chi connectivity index (χ3v) is 23.1. The molecule has 0 aliphatic heterocycles. The van der Waals surface area contributed by atoms with Gasteiger partial charge in [-0.05, 0) is 217 Å². The van der Waals surface area contributed by atoms with Gasteiger partial charge in [0.1, 0.15) is 51.6 Å². The van der Waals surface area contributed by atoms with E-state index in [2.05, 4.69) is 442 Å². The second-order valence-corrected chi connectivity index (χ2v) is 32.0. The van der Waals surface area contributed by atoms with Crippen molar-refractivity contribution in [3.05, 3.63) is 364 Å². The van der Waals surface area contributed by atoms with Gasteiger partial charge in [-0.1, -0.05) is 190 Å². The Labute approximate surface area is 694 Å². The Morgan fingerprint density at radius 2 is 0.681 bits per heavy atom. The fourth-order valence-corrected chi connectivity index (χ4v) is 16.5. The van der Waals surface area contributed by atoms with E-state index in [1.807, 2.05) is 32.2 Å². The predicted molar refractivity (Wildman–Crippen MR) is 486 cm³/mol. The molecule has 0 saturated heterocycles. The highest BCUT2D eigenvalue weighted by molar-refractivity contribution is 5.81. The first-order valence-corrected chi connectivity index (χ1v) is 40.6. The van der Waals surface area contributed by atoms with Crippen molar-refractivity contribution >= 4 is 43.7 Å². The summed E-state index contributed by atoms with van der Waals surface area (Å²) in [4.78, 5) is 0. The van der Waals surface area contributed by atoms with E-state index < -0.39 is 6.85 Å². The van der Waals surface area contributed by atoms with Crippen molar-refractivity contribution in [2.75, 3.05) is 0 Å². The maximum Gasteiger partial charge on any atom is 0.294 e. The number of para-hydroxylation sites is 6. The number of hydrogen-bond donors (Lipinski definition) is 0. The van der Waals surface area contributed by atoms with Crippen LogP contribution in [0.2, 0.25) is 0 Å². The minimum absolute atomic E-state index is 0.386. The van der Waals surface area contributed by atoms with Crippen LogP contribution in [-0.4, -0.2) is 13.7 Å². The molecule has 0 aliphatic rings. The van der Waals surface area contributed by atoms with Crippen LogP contribution >= 0.6 is 0 Å². The van der Waals surface area contributed by atoms with Gasteiger partial charge in [-0.3, -0.25) is 0 Å². The number of pyridine rings is 3. The molecule has 6 aromatic heterocycles.